The maximum absolute atomic E-state index is 11.0. The van der Waals surface area contributed by atoms with Gasteiger partial charge in [-0.1, -0.05) is 26.0 Å². The van der Waals surface area contributed by atoms with Gasteiger partial charge >= 0.3 is 0 Å². The Bertz CT molecular complexity index is 681. The molecule has 3 aliphatic carbocycles. The maximum atomic E-state index is 11.0. The van der Waals surface area contributed by atoms with Crippen molar-refractivity contribution in [2.75, 3.05) is 39.5 Å². The van der Waals surface area contributed by atoms with Crippen LogP contribution in [0.5, 0.6) is 0 Å². The van der Waals surface area contributed by atoms with Crippen LogP contribution in [0.25, 0.3) is 0 Å². The van der Waals surface area contributed by atoms with E-state index in [1.807, 2.05) is 0 Å². The second-order valence-corrected chi connectivity index (χ2v) is 11.3. The topological polar surface area (TPSA) is 142 Å². The molecule has 4 rings (SSSR count). The number of rotatable bonds is 5. The van der Waals surface area contributed by atoms with E-state index >= 15 is 0 Å². The number of hydrogen-bond acceptors (Lipinski definition) is 7. The number of carbonyl (C=O) groups excluding carboxylic acids is 1. The Labute approximate surface area is 205 Å². The van der Waals surface area contributed by atoms with E-state index in [1.165, 1.54) is 24.8 Å². The number of carbonyl (C=O) groups is 1. The van der Waals surface area contributed by atoms with Crippen molar-refractivity contribution < 1.29 is 24.9 Å². The van der Waals surface area contributed by atoms with Crippen LogP contribution < -0.4 is 16.6 Å². The molecule has 0 amide bonds. The van der Waals surface area contributed by atoms with Crippen molar-refractivity contribution in [2.45, 2.75) is 77.9 Å². The van der Waals surface area contributed by atoms with Crippen LogP contribution >= 0.6 is 0 Å². The summed E-state index contributed by atoms with van der Waals surface area (Å²) in [7, 11) is 0. The summed E-state index contributed by atoms with van der Waals surface area (Å²) in [5, 5.41) is 33.8. The summed E-state index contributed by atoms with van der Waals surface area (Å²) in [5.74, 6) is 0.636. The van der Waals surface area contributed by atoms with Gasteiger partial charge in [-0.2, -0.15) is 0 Å². The highest BCUT2D eigenvalue weighted by molar-refractivity contribution is 5.60. The van der Waals surface area contributed by atoms with Gasteiger partial charge in [0.15, 0.2) is 0 Å². The molecule has 0 aromatic rings. The smallest absolute Gasteiger partial charge is 0.0621 e. The molecule has 198 valence electrons. The zero-order valence-electron chi connectivity index (χ0n) is 21.9. The molecule has 8 nitrogen and oxygen atoms in total. The molecule has 1 heterocycles. The van der Waals surface area contributed by atoms with Gasteiger partial charge in [0.2, 0.25) is 0 Å². The maximum Gasteiger partial charge on any atom is 0.0621 e. The molecule has 8 heteroatoms. The minimum Gasteiger partial charge on any atom is -0.550 e. The van der Waals surface area contributed by atoms with E-state index in [4.69, 9.17) is 14.6 Å². The van der Waals surface area contributed by atoms with Crippen LogP contribution in [0.2, 0.25) is 0 Å². The molecular weight excluding hydrogens is 434 g/mol. The lowest BCUT2D eigenvalue weighted by Gasteiger charge is -2.55. The first-order valence-electron chi connectivity index (χ1n) is 12.8. The van der Waals surface area contributed by atoms with Crippen molar-refractivity contribution in [3.8, 4) is 0 Å². The van der Waals surface area contributed by atoms with Crippen LogP contribution in [0.1, 0.15) is 65.7 Å². The summed E-state index contributed by atoms with van der Waals surface area (Å²) in [6.45, 7) is 15.8. The number of allylic oxidation sites excluding steroid dienone is 1. The molecular formula is C26H49N3O5. The number of nitrogens with one attached hydrogen (secondary N) is 1. The average Bonchev–Trinajstić information content (AvgIpc) is 3.06. The van der Waals surface area contributed by atoms with Gasteiger partial charge in [0, 0.05) is 25.7 Å². The van der Waals surface area contributed by atoms with Crippen molar-refractivity contribution >= 4 is 5.97 Å². The predicted molar refractivity (Wildman–Crippen MR) is 132 cm³/mol. The Hall–Kier alpha value is -1.03. The first-order valence-corrected chi connectivity index (χ1v) is 12.8. The van der Waals surface area contributed by atoms with Gasteiger partial charge in [0.1, 0.15) is 0 Å². The molecule has 0 spiro atoms. The lowest BCUT2D eigenvalue weighted by atomic mass is 9.51. The van der Waals surface area contributed by atoms with Crippen molar-refractivity contribution in [1.29, 1.82) is 0 Å². The molecule has 2 unspecified atom stereocenters. The number of nitrogens with zero attached hydrogens (tertiary/aromatic N) is 1. The van der Waals surface area contributed by atoms with Crippen molar-refractivity contribution in [3.63, 3.8) is 0 Å². The van der Waals surface area contributed by atoms with Crippen molar-refractivity contribution in [3.05, 3.63) is 12.2 Å². The van der Waals surface area contributed by atoms with Gasteiger partial charge in [-0.3, -0.25) is 4.90 Å². The molecule has 4 aliphatic rings. The lowest BCUT2D eigenvalue weighted by molar-refractivity contribution is -0.302. The molecule has 1 aliphatic heterocycles. The number of aliphatic carboxylic acids is 1. The van der Waals surface area contributed by atoms with E-state index in [9.17, 15) is 10.2 Å². The minimum absolute atomic E-state index is 0. The van der Waals surface area contributed by atoms with E-state index in [0.717, 1.165) is 65.7 Å². The van der Waals surface area contributed by atoms with Gasteiger partial charge < -0.3 is 36.3 Å². The third kappa shape index (κ3) is 6.39. The Morgan fingerprint density at radius 1 is 1.18 bits per heavy atom. The zero-order valence-corrected chi connectivity index (χ0v) is 21.9. The van der Waals surface area contributed by atoms with E-state index < -0.39 is 12.1 Å². The van der Waals surface area contributed by atoms with Crippen LogP contribution in [0, 0.1) is 28.6 Å². The average molecular weight is 484 g/mol. The highest BCUT2D eigenvalue weighted by Gasteiger charge is 2.56. The third-order valence-electron chi connectivity index (χ3n) is 9.33. The summed E-state index contributed by atoms with van der Waals surface area (Å²) >= 11 is 0. The third-order valence-corrected chi connectivity index (χ3v) is 9.33. The molecule has 0 aromatic heterocycles. The number of quaternary nitrogens is 1. The SMILES string of the molecule is C=C1CCC2[C@@H](CNCN3CCOCC3)C([C@@]3(C)CC[C@H](O)C[C@@H]3O)CC[C@@]12C.CC(=O)[O-].[NH4+]. The van der Waals surface area contributed by atoms with Gasteiger partial charge in [-0.05, 0) is 87.0 Å². The highest BCUT2D eigenvalue weighted by Crippen LogP contribution is 2.62. The summed E-state index contributed by atoms with van der Waals surface area (Å²) < 4.78 is 5.48. The standard InChI is InChI=1S/C24H42N2O3.C2H4O2.H3N/c1-17-4-5-20-19(15-25-16-26-10-12-29-13-11-26)21(7-9-23(17,20)2)24(3)8-6-18(27)14-22(24)28;1-2(3)4;/h18-22,25,27-28H,1,4-16H2,2-3H3;1H3,(H,3,4);1H3/t18-,19+,20?,21?,22-,23-,24+;;/m0../s1. The molecule has 7 atom stereocenters. The van der Waals surface area contributed by atoms with Crippen LogP contribution in [0.4, 0.5) is 0 Å². The van der Waals surface area contributed by atoms with E-state index in [0.29, 0.717) is 24.2 Å². The fraction of sp³-hybridized carbons (Fsp3) is 0.885. The summed E-state index contributed by atoms with van der Waals surface area (Å²) in [5.41, 5.74) is 1.62. The number of hydrogen-bond donors (Lipinski definition) is 4. The van der Waals surface area contributed by atoms with Gasteiger partial charge in [-0.15, -0.1) is 0 Å². The number of ether oxygens (including phenoxy) is 1. The van der Waals surface area contributed by atoms with Gasteiger partial charge in [-0.25, -0.2) is 0 Å². The fourth-order valence-corrected chi connectivity index (χ4v) is 7.17. The Morgan fingerprint density at radius 3 is 2.44 bits per heavy atom. The zero-order chi connectivity index (χ0) is 24.2. The molecule has 0 bridgehead atoms. The number of fused-ring (bicyclic) bond motifs is 1. The predicted octanol–water partition coefficient (Wildman–Crippen LogP) is 1.91. The Kier molecular flexibility index (Phi) is 10.5. The quantitative estimate of drug-likeness (QED) is 0.438. The van der Waals surface area contributed by atoms with Crippen LogP contribution in [0.3, 0.4) is 0 Å². The normalized spacial score (nSPS) is 40.5. The fourth-order valence-electron chi connectivity index (χ4n) is 7.17. The molecule has 3 saturated carbocycles. The number of aliphatic hydroxyl groups excluding tert-OH is 2. The summed E-state index contributed by atoms with van der Waals surface area (Å²) in [4.78, 5) is 11.3. The Morgan fingerprint density at radius 2 is 1.82 bits per heavy atom. The van der Waals surface area contributed by atoms with Crippen LogP contribution in [-0.2, 0) is 9.53 Å². The van der Waals surface area contributed by atoms with Gasteiger partial charge in [0.25, 0.3) is 0 Å². The van der Waals surface area contributed by atoms with Gasteiger partial charge in [0.05, 0.1) is 25.4 Å². The number of morpholine rings is 1. The highest BCUT2D eigenvalue weighted by atomic mass is 16.5. The largest absolute Gasteiger partial charge is 0.550 e. The Balaban J connectivity index is 0.000000758. The molecule has 1 saturated heterocycles. The molecule has 0 aromatic carbocycles. The number of carboxylic acid groups (broad SMARTS) is 1. The second kappa shape index (κ2) is 12.3. The monoisotopic (exact) mass is 483 g/mol. The van der Waals surface area contributed by atoms with E-state index in [-0.39, 0.29) is 23.1 Å². The number of carboxylic acids is 1. The summed E-state index contributed by atoms with van der Waals surface area (Å²) in [6, 6.07) is 0. The van der Waals surface area contributed by atoms with E-state index in [2.05, 4.69) is 30.6 Å². The molecule has 4 fully saturated rings. The summed E-state index contributed by atoms with van der Waals surface area (Å²) in [6.07, 6.45) is 6.33. The lowest BCUT2D eigenvalue weighted by Crippen LogP contribution is -2.55. The molecule has 0 radical (unpaired) electrons. The van der Waals surface area contributed by atoms with Crippen molar-refractivity contribution in [2.24, 2.45) is 28.6 Å². The number of aliphatic hydroxyl groups is 2. The first-order chi connectivity index (χ1) is 15.6. The van der Waals surface area contributed by atoms with Crippen LogP contribution in [0.15, 0.2) is 12.2 Å². The molecule has 7 N–H and O–H groups in total. The van der Waals surface area contributed by atoms with E-state index in [1.54, 1.807) is 0 Å². The second-order valence-electron chi connectivity index (χ2n) is 11.3. The van der Waals surface area contributed by atoms with Crippen molar-refractivity contribution in [1.82, 2.24) is 16.4 Å². The van der Waals surface area contributed by atoms with Crippen LogP contribution in [-0.4, -0.2) is 72.8 Å². The first kappa shape index (κ1) is 29.2. The minimum atomic E-state index is -1.08. The molecule has 34 heavy (non-hydrogen) atoms.